The first-order valence-corrected chi connectivity index (χ1v) is 10.8. The molecule has 1 saturated carbocycles. The Morgan fingerprint density at radius 1 is 1.09 bits per heavy atom. The minimum atomic E-state index is 0.548. The Morgan fingerprint density at radius 3 is 2.59 bits per heavy atom. The normalized spacial score (nSPS) is 14.0. The molecule has 8 heteroatoms. The van der Waals surface area contributed by atoms with Crippen LogP contribution in [0.4, 0.5) is 0 Å². The van der Waals surface area contributed by atoms with Crippen molar-refractivity contribution in [3.05, 3.63) is 41.3 Å². The fourth-order valence-corrected chi connectivity index (χ4v) is 4.97. The molecule has 1 aliphatic rings. The van der Waals surface area contributed by atoms with Crippen LogP contribution in [0.3, 0.4) is 0 Å². The minimum absolute atomic E-state index is 0.548. The zero-order valence-corrected chi connectivity index (χ0v) is 18.8. The van der Waals surface area contributed by atoms with Gasteiger partial charge in [0, 0.05) is 35.0 Å². The zero-order valence-electron chi connectivity index (χ0n) is 18.8. The second-order valence-electron chi connectivity index (χ2n) is 8.61. The van der Waals surface area contributed by atoms with Gasteiger partial charge in [0.2, 0.25) is 0 Å². The maximum Gasteiger partial charge on any atom is 0.142 e. The van der Waals surface area contributed by atoms with E-state index in [2.05, 4.69) is 34.2 Å². The van der Waals surface area contributed by atoms with Crippen LogP contribution in [0.2, 0.25) is 0 Å². The molecule has 162 valence electrons. The van der Waals surface area contributed by atoms with Crippen LogP contribution in [0, 0.1) is 20.8 Å². The topological polar surface area (TPSA) is 94.7 Å². The summed E-state index contributed by atoms with van der Waals surface area (Å²) in [4.78, 5) is 12.8. The Bertz CT molecular complexity index is 1500. The molecule has 0 atom stereocenters. The van der Waals surface area contributed by atoms with Crippen molar-refractivity contribution in [1.82, 2.24) is 29.9 Å². The number of fused-ring (bicyclic) bond motifs is 3. The molecule has 1 aromatic carbocycles. The van der Waals surface area contributed by atoms with E-state index < -0.39 is 0 Å². The summed E-state index contributed by atoms with van der Waals surface area (Å²) in [6, 6.07) is 4.15. The van der Waals surface area contributed by atoms with Gasteiger partial charge in [0.25, 0.3) is 0 Å². The van der Waals surface area contributed by atoms with E-state index >= 15 is 0 Å². The lowest BCUT2D eigenvalue weighted by Crippen LogP contribution is -1.98. The maximum atomic E-state index is 5.81. The second-order valence-corrected chi connectivity index (χ2v) is 8.61. The zero-order chi connectivity index (χ0) is 22.1. The fraction of sp³-hybridized carbons (Fsp3) is 0.333. The van der Waals surface area contributed by atoms with E-state index in [-0.39, 0.29) is 0 Å². The highest BCUT2D eigenvalue weighted by molar-refractivity contribution is 6.13. The molecule has 8 nitrogen and oxygen atoms in total. The van der Waals surface area contributed by atoms with Gasteiger partial charge in [-0.2, -0.15) is 5.10 Å². The molecule has 0 radical (unpaired) electrons. The summed E-state index contributed by atoms with van der Waals surface area (Å²) >= 11 is 0. The number of ether oxygens (including phenoxy) is 1. The molecular formula is C24H24N6O2. The van der Waals surface area contributed by atoms with Crippen LogP contribution in [0.5, 0.6) is 5.75 Å². The summed E-state index contributed by atoms with van der Waals surface area (Å²) in [5.74, 6) is 2.07. The van der Waals surface area contributed by atoms with E-state index in [0.29, 0.717) is 5.92 Å². The van der Waals surface area contributed by atoms with Crippen molar-refractivity contribution < 1.29 is 9.26 Å². The molecule has 6 rings (SSSR count). The van der Waals surface area contributed by atoms with Crippen LogP contribution in [-0.2, 0) is 7.05 Å². The van der Waals surface area contributed by atoms with Crippen LogP contribution >= 0.6 is 0 Å². The third kappa shape index (κ3) is 2.62. The molecule has 5 aromatic rings. The Labute approximate surface area is 184 Å². The summed E-state index contributed by atoms with van der Waals surface area (Å²) in [7, 11) is 3.71. The van der Waals surface area contributed by atoms with Crippen LogP contribution in [0.1, 0.15) is 41.6 Å². The van der Waals surface area contributed by atoms with Crippen LogP contribution in [-0.4, -0.2) is 37.0 Å². The molecule has 0 aliphatic heterocycles. The lowest BCUT2D eigenvalue weighted by molar-refractivity contribution is 0.393. The van der Waals surface area contributed by atoms with Gasteiger partial charge in [0.1, 0.15) is 23.5 Å². The van der Waals surface area contributed by atoms with Gasteiger partial charge in [-0.25, -0.2) is 9.97 Å². The number of nitrogens with one attached hydrogen (secondary N) is 1. The number of nitrogens with zero attached hydrogens (tertiary/aromatic N) is 5. The molecular weight excluding hydrogens is 404 g/mol. The van der Waals surface area contributed by atoms with Crippen LogP contribution < -0.4 is 4.74 Å². The summed E-state index contributed by atoms with van der Waals surface area (Å²) < 4.78 is 13.2. The highest BCUT2D eigenvalue weighted by atomic mass is 16.5. The van der Waals surface area contributed by atoms with E-state index in [4.69, 9.17) is 19.3 Å². The molecule has 1 aliphatic carbocycles. The van der Waals surface area contributed by atoms with Gasteiger partial charge in [0.15, 0.2) is 0 Å². The predicted octanol–water partition coefficient (Wildman–Crippen LogP) is 4.98. The van der Waals surface area contributed by atoms with E-state index in [0.717, 1.165) is 67.2 Å². The second kappa shape index (κ2) is 6.66. The smallest absolute Gasteiger partial charge is 0.142 e. The Kier molecular flexibility index (Phi) is 3.96. The Morgan fingerprint density at radius 2 is 1.91 bits per heavy atom. The highest BCUT2D eigenvalue weighted by Gasteiger charge is 2.33. The predicted molar refractivity (Wildman–Crippen MR) is 122 cm³/mol. The Balaban J connectivity index is 1.67. The lowest BCUT2D eigenvalue weighted by Gasteiger charge is -2.10. The monoisotopic (exact) mass is 428 g/mol. The SMILES string of the molecule is COc1cc2c(cc1-c1c(C)noc1C)[nH]c1ncnc(-c3c(C)nn(C)c3C3CC3)c12. The van der Waals surface area contributed by atoms with Gasteiger partial charge in [-0.1, -0.05) is 5.16 Å². The van der Waals surface area contributed by atoms with E-state index in [1.54, 1.807) is 13.4 Å². The first kappa shape index (κ1) is 19.0. The molecule has 1 N–H and O–H groups in total. The van der Waals surface area contributed by atoms with Crippen molar-refractivity contribution in [2.24, 2.45) is 7.05 Å². The quantitative estimate of drug-likeness (QED) is 0.434. The summed E-state index contributed by atoms with van der Waals surface area (Å²) in [5.41, 5.74) is 8.77. The molecule has 0 saturated heterocycles. The first-order valence-electron chi connectivity index (χ1n) is 10.8. The number of methoxy groups -OCH3 is 1. The number of hydrogen-bond acceptors (Lipinski definition) is 6. The van der Waals surface area contributed by atoms with Gasteiger partial charge in [0.05, 0.1) is 40.8 Å². The number of H-pyrrole nitrogens is 1. The van der Waals surface area contributed by atoms with E-state index in [1.165, 1.54) is 18.5 Å². The molecule has 4 heterocycles. The fourth-order valence-electron chi connectivity index (χ4n) is 4.97. The lowest BCUT2D eigenvalue weighted by atomic mass is 9.99. The number of aromatic amines is 1. The van der Waals surface area contributed by atoms with Crippen molar-refractivity contribution >= 4 is 21.9 Å². The maximum absolute atomic E-state index is 5.81. The largest absolute Gasteiger partial charge is 0.496 e. The van der Waals surface area contributed by atoms with Gasteiger partial charge in [-0.15, -0.1) is 0 Å². The van der Waals surface area contributed by atoms with Gasteiger partial charge >= 0.3 is 0 Å². The van der Waals surface area contributed by atoms with E-state index in [9.17, 15) is 0 Å². The van der Waals surface area contributed by atoms with Crippen molar-refractivity contribution in [1.29, 1.82) is 0 Å². The molecule has 4 aromatic heterocycles. The molecule has 0 spiro atoms. The first-order chi connectivity index (χ1) is 15.5. The number of hydrogen-bond donors (Lipinski definition) is 1. The Hall–Kier alpha value is -3.68. The number of aromatic nitrogens is 6. The third-order valence-corrected chi connectivity index (χ3v) is 6.48. The van der Waals surface area contributed by atoms with Crippen LogP contribution in [0.25, 0.3) is 44.3 Å². The van der Waals surface area contributed by atoms with Gasteiger partial charge in [-0.05, 0) is 45.7 Å². The van der Waals surface area contributed by atoms with Crippen molar-refractivity contribution in [2.75, 3.05) is 7.11 Å². The average molecular weight is 428 g/mol. The van der Waals surface area contributed by atoms with Gasteiger partial charge < -0.3 is 14.2 Å². The number of aryl methyl sites for hydroxylation is 4. The van der Waals surface area contributed by atoms with E-state index in [1.807, 2.05) is 25.6 Å². The van der Waals surface area contributed by atoms with Crippen molar-refractivity contribution in [3.8, 4) is 28.1 Å². The van der Waals surface area contributed by atoms with Gasteiger partial charge in [-0.3, -0.25) is 4.68 Å². The summed E-state index contributed by atoms with van der Waals surface area (Å²) in [6.07, 6.45) is 4.02. The molecule has 0 bridgehead atoms. The number of rotatable bonds is 4. The summed E-state index contributed by atoms with van der Waals surface area (Å²) in [6.45, 7) is 5.91. The minimum Gasteiger partial charge on any atom is -0.496 e. The number of benzene rings is 1. The highest BCUT2D eigenvalue weighted by Crippen LogP contribution is 2.47. The van der Waals surface area contributed by atoms with Crippen LogP contribution in [0.15, 0.2) is 23.0 Å². The molecule has 32 heavy (non-hydrogen) atoms. The third-order valence-electron chi connectivity index (χ3n) is 6.48. The van der Waals surface area contributed by atoms with Crippen molar-refractivity contribution in [2.45, 2.75) is 39.5 Å². The molecule has 0 unspecified atom stereocenters. The summed E-state index contributed by atoms with van der Waals surface area (Å²) in [5, 5.41) is 10.9. The standard InChI is InChI=1S/C24H24N6O2/c1-11-20(23(14-6-7-14)30(4)28-11)22-21-15-9-18(31-5)16(19-12(2)29-32-13(19)3)8-17(15)27-24(21)26-10-25-22/h8-10,14H,6-7H2,1-5H3,(H,25,26,27). The average Bonchev–Trinajstić information content (AvgIpc) is 3.37. The molecule has 0 amide bonds. The van der Waals surface area contributed by atoms with Crippen molar-refractivity contribution in [3.63, 3.8) is 0 Å². The molecule has 1 fully saturated rings.